The molecule has 0 saturated heterocycles. The zero-order valence-electron chi connectivity index (χ0n) is 9.58. The molecule has 1 aromatic rings. The molecule has 0 fully saturated rings. The molecule has 0 saturated carbocycles. The highest BCUT2D eigenvalue weighted by Gasteiger charge is 2.04. The van der Waals surface area contributed by atoms with E-state index in [1.54, 1.807) is 0 Å². The normalized spacial score (nSPS) is 12.4. The first-order valence-electron chi connectivity index (χ1n) is 5.59. The van der Waals surface area contributed by atoms with Crippen LogP contribution in [-0.2, 0) is 11.2 Å². The first-order chi connectivity index (χ1) is 7.58. The van der Waals surface area contributed by atoms with Crippen molar-refractivity contribution in [1.29, 1.82) is 0 Å². The Morgan fingerprint density at radius 3 is 2.88 bits per heavy atom. The fraction of sp³-hybridized carbons (Fsp3) is 0.462. The molecule has 0 aliphatic rings. The van der Waals surface area contributed by atoms with E-state index in [1.807, 2.05) is 31.2 Å². The number of halogens is 1. The molecule has 1 atom stereocenters. The second-order valence-corrected chi connectivity index (χ2v) is 4.65. The summed E-state index contributed by atoms with van der Waals surface area (Å²) in [7, 11) is 0. The zero-order chi connectivity index (χ0) is 12.0. The number of carbonyl (C=O) groups excluding carboxylic acids is 1. The summed E-state index contributed by atoms with van der Waals surface area (Å²) in [5, 5.41) is 0.681. The maximum atomic E-state index is 11.6. The minimum absolute atomic E-state index is 0.180. The maximum Gasteiger partial charge on any atom is 0.137 e. The van der Waals surface area contributed by atoms with Crippen molar-refractivity contribution >= 4 is 17.4 Å². The first-order valence-corrected chi connectivity index (χ1v) is 5.97. The van der Waals surface area contributed by atoms with Crippen molar-refractivity contribution in [3.05, 3.63) is 34.9 Å². The Labute approximate surface area is 102 Å². The fourth-order valence-electron chi connectivity index (χ4n) is 1.58. The van der Waals surface area contributed by atoms with Gasteiger partial charge in [0.25, 0.3) is 0 Å². The lowest BCUT2D eigenvalue weighted by atomic mass is 10.0. The predicted octanol–water partition coefficient (Wildman–Crippen LogP) is 2.97. The monoisotopic (exact) mass is 239 g/mol. The van der Waals surface area contributed by atoms with Gasteiger partial charge in [0.2, 0.25) is 0 Å². The van der Waals surface area contributed by atoms with E-state index in [-0.39, 0.29) is 11.8 Å². The molecule has 3 heteroatoms. The Balaban J connectivity index is 2.34. The molecule has 0 aliphatic carbocycles. The lowest BCUT2D eigenvalue weighted by Crippen LogP contribution is -2.15. The standard InChI is InChI=1S/C13H18ClNO/c1-10(15)4-2-7-13(16)9-11-5-3-6-12(14)8-11/h3,5-6,8,10H,2,4,7,9,15H2,1H3. The lowest BCUT2D eigenvalue weighted by Gasteiger charge is -2.04. The van der Waals surface area contributed by atoms with Crippen LogP contribution in [0, 0.1) is 0 Å². The molecule has 0 spiro atoms. The van der Waals surface area contributed by atoms with Crippen LogP contribution >= 0.6 is 11.6 Å². The molecule has 0 heterocycles. The molecule has 1 rings (SSSR count). The van der Waals surface area contributed by atoms with Crippen LogP contribution in [0.1, 0.15) is 31.7 Å². The van der Waals surface area contributed by atoms with Crippen LogP contribution in [0.3, 0.4) is 0 Å². The van der Waals surface area contributed by atoms with E-state index in [2.05, 4.69) is 0 Å². The van der Waals surface area contributed by atoms with Crippen molar-refractivity contribution in [1.82, 2.24) is 0 Å². The highest BCUT2D eigenvalue weighted by Crippen LogP contribution is 2.12. The molecule has 88 valence electrons. The van der Waals surface area contributed by atoms with Gasteiger partial charge in [0.05, 0.1) is 0 Å². The van der Waals surface area contributed by atoms with Gasteiger partial charge in [-0.15, -0.1) is 0 Å². The number of ketones is 1. The van der Waals surface area contributed by atoms with Gasteiger partial charge in [0, 0.05) is 23.9 Å². The second kappa shape index (κ2) is 6.66. The van der Waals surface area contributed by atoms with Crippen LogP contribution in [0.4, 0.5) is 0 Å². The Kier molecular flexibility index (Phi) is 5.50. The minimum Gasteiger partial charge on any atom is -0.328 e. The number of nitrogens with two attached hydrogens (primary N) is 1. The summed E-state index contributed by atoms with van der Waals surface area (Å²) in [5.41, 5.74) is 6.61. The van der Waals surface area contributed by atoms with E-state index in [0.717, 1.165) is 18.4 Å². The van der Waals surface area contributed by atoms with E-state index in [0.29, 0.717) is 17.9 Å². The fourth-order valence-corrected chi connectivity index (χ4v) is 1.80. The maximum absolute atomic E-state index is 11.6. The van der Waals surface area contributed by atoms with Gasteiger partial charge in [0.1, 0.15) is 5.78 Å². The number of Topliss-reactive ketones (excluding diaryl/α,β-unsaturated/α-hetero) is 1. The minimum atomic E-state index is 0.180. The quantitative estimate of drug-likeness (QED) is 0.830. The number of hydrogen-bond acceptors (Lipinski definition) is 2. The van der Waals surface area contributed by atoms with Crippen LogP contribution in [0.5, 0.6) is 0 Å². The summed E-state index contributed by atoms with van der Waals surface area (Å²) in [6, 6.07) is 7.62. The van der Waals surface area contributed by atoms with Crippen molar-refractivity contribution in [2.24, 2.45) is 5.73 Å². The van der Waals surface area contributed by atoms with Crippen LogP contribution < -0.4 is 5.73 Å². The Hall–Kier alpha value is -0.860. The topological polar surface area (TPSA) is 43.1 Å². The summed E-state index contributed by atoms with van der Waals surface area (Å²) >= 11 is 5.85. The summed E-state index contributed by atoms with van der Waals surface area (Å²) < 4.78 is 0. The second-order valence-electron chi connectivity index (χ2n) is 4.21. The molecule has 2 N–H and O–H groups in total. The highest BCUT2D eigenvalue weighted by atomic mass is 35.5. The van der Waals surface area contributed by atoms with E-state index in [4.69, 9.17) is 17.3 Å². The molecule has 0 amide bonds. The predicted molar refractivity (Wildman–Crippen MR) is 67.7 cm³/mol. The molecular weight excluding hydrogens is 222 g/mol. The third-order valence-corrected chi connectivity index (χ3v) is 2.64. The van der Waals surface area contributed by atoms with Crippen molar-refractivity contribution in [2.75, 3.05) is 0 Å². The SMILES string of the molecule is CC(N)CCCC(=O)Cc1cccc(Cl)c1. The van der Waals surface area contributed by atoms with Crippen molar-refractivity contribution in [2.45, 2.75) is 38.6 Å². The van der Waals surface area contributed by atoms with Gasteiger partial charge >= 0.3 is 0 Å². The average Bonchev–Trinajstić information content (AvgIpc) is 2.16. The summed E-state index contributed by atoms with van der Waals surface area (Å²) in [6.45, 7) is 1.96. The number of carbonyl (C=O) groups is 1. The molecule has 1 aromatic carbocycles. The van der Waals surface area contributed by atoms with Gasteiger partial charge < -0.3 is 5.73 Å². The van der Waals surface area contributed by atoms with Gasteiger partial charge in [-0.05, 0) is 37.5 Å². The van der Waals surface area contributed by atoms with Gasteiger partial charge in [-0.3, -0.25) is 4.79 Å². The van der Waals surface area contributed by atoms with Gasteiger partial charge in [-0.2, -0.15) is 0 Å². The Morgan fingerprint density at radius 1 is 1.50 bits per heavy atom. The van der Waals surface area contributed by atoms with Crippen molar-refractivity contribution in [3.63, 3.8) is 0 Å². The number of benzene rings is 1. The third-order valence-electron chi connectivity index (χ3n) is 2.41. The number of rotatable bonds is 6. The van der Waals surface area contributed by atoms with Crippen LogP contribution in [0.2, 0.25) is 5.02 Å². The average molecular weight is 240 g/mol. The summed E-state index contributed by atoms with van der Waals surface area (Å²) in [5.74, 6) is 0.253. The van der Waals surface area contributed by atoms with Gasteiger partial charge in [-0.1, -0.05) is 23.7 Å². The molecule has 0 bridgehead atoms. The Morgan fingerprint density at radius 2 is 2.25 bits per heavy atom. The first kappa shape index (κ1) is 13.2. The molecule has 16 heavy (non-hydrogen) atoms. The van der Waals surface area contributed by atoms with Crippen LogP contribution in [-0.4, -0.2) is 11.8 Å². The molecule has 0 aliphatic heterocycles. The van der Waals surface area contributed by atoms with E-state index >= 15 is 0 Å². The van der Waals surface area contributed by atoms with E-state index < -0.39 is 0 Å². The van der Waals surface area contributed by atoms with E-state index in [1.165, 1.54) is 0 Å². The van der Waals surface area contributed by atoms with E-state index in [9.17, 15) is 4.79 Å². The van der Waals surface area contributed by atoms with Crippen LogP contribution in [0.25, 0.3) is 0 Å². The van der Waals surface area contributed by atoms with Gasteiger partial charge in [0.15, 0.2) is 0 Å². The molecule has 1 unspecified atom stereocenters. The molecule has 0 aromatic heterocycles. The third kappa shape index (κ3) is 5.29. The van der Waals surface area contributed by atoms with Crippen molar-refractivity contribution in [3.8, 4) is 0 Å². The van der Waals surface area contributed by atoms with Crippen molar-refractivity contribution < 1.29 is 4.79 Å². The lowest BCUT2D eigenvalue weighted by molar-refractivity contribution is -0.118. The molecule has 0 radical (unpaired) electrons. The molecular formula is C13H18ClNO. The number of hydrogen-bond donors (Lipinski definition) is 1. The highest BCUT2D eigenvalue weighted by molar-refractivity contribution is 6.30. The zero-order valence-corrected chi connectivity index (χ0v) is 10.3. The molecule has 2 nitrogen and oxygen atoms in total. The Bertz CT molecular complexity index is 350. The van der Waals surface area contributed by atoms with Gasteiger partial charge in [-0.25, -0.2) is 0 Å². The summed E-state index contributed by atoms with van der Waals surface area (Å²) in [6.07, 6.45) is 2.85. The largest absolute Gasteiger partial charge is 0.328 e. The summed E-state index contributed by atoms with van der Waals surface area (Å²) in [4.78, 5) is 11.6. The smallest absolute Gasteiger partial charge is 0.137 e. The van der Waals surface area contributed by atoms with Crippen LogP contribution in [0.15, 0.2) is 24.3 Å².